The number of carboxylic acid groups (broad SMARTS) is 1. The first kappa shape index (κ1) is 20.8. The van der Waals surface area contributed by atoms with Crippen molar-refractivity contribution in [1.82, 2.24) is 9.80 Å². The van der Waals surface area contributed by atoms with Crippen LogP contribution >= 0.6 is 0 Å². The molecule has 2 rings (SSSR count). The van der Waals surface area contributed by atoms with Crippen molar-refractivity contribution in [2.75, 3.05) is 51.2 Å². The van der Waals surface area contributed by atoms with Gasteiger partial charge >= 0.3 is 5.97 Å². The Morgan fingerprint density at radius 3 is 2.33 bits per heavy atom. The molecule has 0 spiro atoms. The van der Waals surface area contributed by atoms with E-state index in [0.29, 0.717) is 19.6 Å². The monoisotopic (exact) mass is 378 g/mol. The quantitative estimate of drug-likeness (QED) is 0.451. The lowest BCUT2D eigenvalue weighted by Crippen LogP contribution is -2.49. The molecule has 1 aliphatic rings. The van der Waals surface area contributed by atoms with Crippen molar-refractivity contribution in [2.24, 2.45) is 11.7 Å². The van der Waals surface area contributed by atoms with Gasteiger partial charge in [0, 0.05) is 45.7 Å². The molecule has 0 aliphatic carbocycles. The molecule has 9 nitrogen and oxygen atoms in total. The van der Waals surface area contributed by atoms with Gasteiger partial charge in [-0.3, -0.25) is 24.2 Å². The third kappa shape index (κ3) is 6.31. The smallest absolute Gasteiger partial charge is 0.308 e. The summed E-state index contributed by atoms with van der Waals surface area (Å²) >= 11 is 0. The zero-order chi connectivity index (χ0) is 19.8. The number of piperazine rings is 1. The third-order valence-electron chi connectivity index (χ3n) is 4.61. The van der Waals surface area contributed by atoms with Gasteiger partial charge in [0.2, 0.25) is 5.91 Å². The Balaban J connectivity index is 1.91. The van der Waals surface area contributed by atoms with E-state index in [4.69, 9.17) is 10.8 Å². The maximum atomic E-state index is 12.3. The van der Waals surface area contributed by atoms with E-state index in [2.05, 4.69) is 10.2 Å². The number of benzene rings is 1. The Morgan fingerprint density at radius 1 is 1.11 bits per heavy atom. The fourth-order valence-corrected chi connectivity index (χ4v) is 3.11. The number of nitrogens with zero attached hydrogens (tertiary/aromatic N) is 2. The SMILES string of the molecule is NC(=O)c1ccccc1NC(=O)C[C@@H](CN1CCN(CCO)CC1)C(=O)O. The molecule has 1 aromatic rings. The molecular weight excluding hydrogens is 352 g/mol. The number of carbonyl (C=O) groups excluding carboxylic acids is 2. The predicted octanol–water partition coefficient (Wildman–Crippen LogP) is -0.575. The van der Waals surface area contributed by atoms with Crippen LogP contribution in [0.1, 0.15) is 16.8 Å². The van der Waals surface area contributed by atoms with Crippen LogP contribution < -0.4 is 11.1 Å². The number of nitrogens with one attached hydrogen (secondary N) is 1. The second-order valence-electron chi connectivity index (χ2n) is 6.56. The number of carboxylic acids is 1. The average Bonchev–Trinajstić information content (AvgIpc) is 2.63. The van der Waals surface area contributed by atoms with Gasteiger partial charge in [0.15, 0.2) is 0 Å². The maximum Gasteiger partial charge on any atom is 0.308 e. The maximum absolute atomic E-state index is 12.3. The normalized spacial score (nSPS) is 16.6. The summed E-state index contributed by atoms with van der Waals surface area (Å²) in [5.74, 6) is -3.03. The van der Waals surface area contributed by atoms with Gasteiger partial charge in [-0.15, -0.1) is 0 Å². The number of hydrogen-bond acceptors (Lipinski definition) is 6. The number of β-amino-alcohol motifs (C(OH)–C–C–N with tert-alkyl or cyclic N) is 1. The lowest BCUT2D eigenvalue weighted by atomic mass is 10.0. The molecular formula is C18H26N4O5. The van der Waals surface area contributed by atoms with Crippen LogP contribution in [0.15, 0.2) is 24.3 Å². The molecule has 0 bridgehead atoms. The molecule has 0 aromatic heterocycles. The first-order valence-corrected chi connectivity index (χ1v) is 8.87. The number of hydrogen-bond donors (Lipinski definition) is 4. The van der Waals surface area contributed by atoms with Gasteiger partial charge in [-0.2, -0.15) is 0 Å². The Bertz CT molecular complexity index is 673. The van der Waals surface area contributed by atoms with E-state index in [9.17, 15) is 19.5 Å². The number of aliphatic hydroxyl groups is 1. The summed E-state index contributed by atoms with van der Waals surface area (Å²) in [6, 6.07) is 6.33. The third-order valence-corrected chi connectivity index (χ3v) is 4.61. The van der Waals surface area contributed by atoms with Gasteiger partial charge in [0.25, 0.3) is 5.91 Å². The fraction of sp³-hybridized carbons (Fsp3) is 0.500. The highest BCUT2D eigenvalue weighted by Gasteiger charge is 2.26. The first-order valence-electron chi connectivity index (χ1n) is 8.87. The number of para-hydroxylation sites is 1. The minimum absolute atomic E-state index is 0.102. The van der Waals surface area contributed by atoms with Crippen LogP contribution in [-0.4, -0.2) is 83.7 Å². The van der Waals surface area contributed by atoms with Crippen molar-refractivity contribution in [3.05, 3.63) is 29.8 Å². The molecule has 148 valence electrons. The van der Waals surface area contributed by atoms with Crippen LogP contribution in [-0.2, 0) is 9.59 Å². The topological polar surface area (TPSA) is 136 Å². The van der Waals surface area contributed by atoms with Gasteiger partial charge in [-0.05, 0) is 12.1 Å². The van der Waals surface area contributed by atoms with Crippen molar-refractivity contribution < 1.29 is 24.6 Å². The highest BCUT2D eigenvalue weighted by atomic mass is 16.4. The molecule has 1 heterocycles. The van der Waals surface area contributed by atoms with Gasteiger partial charge in [-0.1, -0.05) is 12.1 Å². The molecule has 27 heavy (non-hydrogen) atoms. The van der Waals surface area contributed by atoms with Crippen LogP contribution in [0.25, 0.3) is 0 Å². The Kier molecular flexibility index (Phi) is 7.71. The summed E-state index contributed by atoms with van der Waals surface area (Å²) in [5.41, 5.74) is 5.74. The number of nitrogens with two attached hydrogens (primary N) is 1. The summed E-state index contributed by atoms with van der Waals surface area (Å²) < 4.78 is 0. The average molecular weight is 378 g/mol. The van der Waals surface area contributed by atoms with E-state index in [1.807, 2.05) is 4.90 Å². The Morgan fingerprint density at radius 2 is 1.74 bits per heavy atom. The molecule has 1 fully saturated rings. The van der Waals surface area contributed by atoms with Gasteiger partial charge < -0.3 is 21.3 Å². The van der Waals surface area contributed by atoms with Gasteiger partial charge in [0.05, 0.1) is 23.8 Å². The number of aliphatic carboxylic acids is 1. The minimum atomic E-state index is -1.04. The number of amides is 2. The summed E-state index contributed by atoms with van der Waals surface area (Å²) in [5, 5.41) is 21.0. The zero-order valence-electron chi connectivity index (χ0n) is 15.1. The number of primary amides is 1. The van der Waals surface area contributed by atoms with Crippen LogP contribution in [0.4, 0.5) is 5.69 Å². The highest BCUT2D eigenvalue weighted by Crippen LogP contribution is 2.16. The lowest BCUT2D eigenvalue weighted by molar-refractivity contribution is -0.144. The predicted molar refractivity (Wildman–Crippen MR) is 99.3 cm³/mol. The second kappa shape index (κ2) is 10.0. The van der Waals surface area contributed by atoms with E-state index in [0.717, 1.165) is 13.1 Å². The molecule has 1 aliphatic heterocycles. The molecule has 0 saturated carbocycles. The van der Waals surface area contributed by atoms with Crippen molar-refractivity contribution in [3.8, 4) is 0 Å². The van der Waals surface area contributed by atoms with Gasteiger partial charge in [0.1, 0.15) is 0 Å². The van der Waals surface area contributed by atoms with E-state index < -0.39 is 23.7 Å². The molecule has 1 aromatic carbocycles. The van der Waals surface area contributed by atoms with Crippen LogP contribution in [0.3, 0.4) is 0 Å². The van der Waals surface area contributed by atoms with Crippen molar-refractivity contribution in [3.63, 3.8) is 0 Å². The largest absolute Gasteiger partial charge is 0.481 e. The van der Waals surface area contributed by atoms with Crippen molar-refractivity contribution in [1.29, 1.82) is 0 Å². The van der Waals surface area contributed by atoms with E-state index >= 15 is 0 Å². The Hall–Kier alpha value is -2.49. The number of carbonyl (C=O) groups is 3. The standard InChI is InChI=1S/C18H26N4O5/c19-17(25)14-3-1-2-4-15(14)20-16(24)11-13(18(26)27)12-22-7-5-21(6-8-22)9-10-23/h1-4,13,23H,5-12H2,(H2,19,25)(H,20,24)(H,26,27)/t13-/m0/s1. The van der Waals surface area contributed by atoms with Crippen LogP contribution in [0, 0.1) is 5.92 Å². The highest BCUT2D eigenvalue weighted by molar-refractivity contribution is 6.03. The van der Waals surface area contributed by atoms with Crippen LogP contribution in [0.2, 0.25) is 0 Å². The molecule has 1 saturated heterocycles. The second-order valence-corrected chi connectivity index (χ2v) is 6.56. The number of anilines is 1. The summed E-state index contributed by atoms with van der Waals surface area (Å²) in [4.78, 5) is 39.4. The molecule has 9 heteroatoms. The van der Waals surface area contributed by atoms with Gasteiger partial charge in [-0.25, -0.2) is 0 Å². The van der Waals surface area contributed by atoms with Crippen molar-refractivity contribution in [2.45, 2.75) is 6.42 Å². The minimum Gasteiger partial charge on any atom is -0.481 e. The Labute approximate surface area is 157 Å². The van der Waals surface area contributed by atoms with Crippen molar-refractivity contribution >= 4 is 23.5 Å². The van der Waals surface area contributed by atoms with E-state index in [1.54, 1.807) is 18.2 Å². The zero-order valence-corrected chi connectivity index (χ0v) is 15.1. The molecule has 5 N–H and O–H groups in total. The molecule has 0 unspecified atom stereocenters. The summed E-state index contributed by atoms with van der Waals surface area (Å²) in [6.45, 7) is 3.87. The fourth-order valence-electron chi connectivity index (χ4n) is 3.11. The molecule has 1 atom stereocenters. The first-order chi connectivity index (χ1) is 12.9. The summed E-state index contributed by atoms with van der Waals surface area (Å²) in [6.07, 6.45) is -0.195. The van der Waals surface area contributed by atoms with E-state index in [-0.39, 0.29) is 30.8 Å². The number of aliphatic hydroxyl groups excluding tert-OH is 1. The molecule has 0 radical (unpaired) electrons. The number of rotatable bonds is 9. The van der Waals surface area contributed by atoms with Crippen LogP contribution in [0.5, 0.6) is 0 Å². The molecule has 2 amide bonds. The summed E-state index contributed by atoms with van der Waals surface area (Å²) in [7, 11) is 0. The van der Waals surface area contributed by atoms with E-state index in [1.165, 1.54) is 6.07 Å². The lowest BCUT2D eigenvalue weighted by Gasteiger charge is -2.35.